The normalized spacial score (nSPS) is 16.4. The van der Waals surface area contributed by atoms with Crippen LogP contribution in [0.2, 0.25) is 0 Å². The number of benzene rings is 1. The maximum atomic E-state index is 11.6. The molecule has 1 aliphatic carbocycles. The minimum atomic E-state index is -3.77. The summed E-state index contributed by atoms with van der Waals surface area (Å²) in [5.74, 6) is 0.957. The van der Waals surface area contributed by atoms with Gasteiger partial charge in [-0.2, -0.15) is 0 Å². The second kappa shape index (κ2) is 5.10. The van der Waals surface area contributed by atoms with Crippen LogP contribution in [0.15, 0.2) is 17.0 Å². The Kier molecular flexibility index (Phi) is 3.87. The highest BCUT2D eigenvalue weighted by Crippen LogP contribution is 2.34. The average molecular weight is 289 g/mol. The van der Waals surface area contributed by atoms with Gasteiger partial charge in [0.05, 0.1) is 6.61 Å². The highest BCUT2D eigenvalue weighted by atomic mass is 35.7. The molecule has 0 saturated heterocycles. The molecule has 1 fully saturated rings. The summed E-state index contributed by atoms with van der Waals surface area (Å²) in [6, 6.07) is 3.47. The van der Waals surface area contributed by atoms with Crippen LogP contribution in [0.25, 0.3) is 0 Å². The minimum Gasteiger partial charge on any atom is -0.492 e. The van der Waals surface area contributed by atoms with Gasteiger partial charge in [0.25, 0.3) is 9.05 Å². The summed E-state index contributed by atoms with van der Waals surface area (Å²) in [6.07, 6.45) is 3.56. The fourth-order valence-corrected chi connectivity index (χ4v) is 3.25. The summed E-state index contributed by atoms with van der Waals surface area (Å²) in [5.41, 5.74) is 1.68. The molecule has 5 heteroatoms. The minimum absolute atomic E-state index is 0.0843. The van der Waals surface area contributed by atoms with Crippen LogP contribution in [0.5, 0.6) is 5.75 Å². The molecule has 0 heterocycles. The molecule has 0 unspecified atom stereocenters. The number of halogens is 1. The van der Waals surface area contributed by atoms with Gasteiger partial charge in [-0.25, -0.2) is 8.42 Å². The second-order valence-electron chi connectivity index (χ2n) is 4.95. The Morgan fingerprint density at radius 1 is 1.33 bits per heavy atom. The van der Waals surface area contributed by atoms with Crippen molar-refractivity contribution in [3.63, 3.8) is 0 Å². The van der Waals surface area contributed by atoms with Gasteiger partial charge in [0.1, 0.15) is 10.6 Å². The Labute approximate surface area is 113 Å². The first-order valence-corrected chi connectivity index (χ1v) is 8.37. The van der Waals surface area contributed by atoms with Crippen molar-refractivity contribution >= 4 is 19.7 Å². The average Bonchev–Trinajstić information content (AvgIpc) is 2.16. The van der Waals surface area contributed by atoms with Gasteiger partial charge in [0.2, 0.25) is 0 Å². The van der Waals surface area contributed by atoms with Crippen LogP contribution in [-0.4, -0.2) is 15.0 Å². The summed E-state index contributed by atoms with van der Waals surface area (Å²) in [4.78, 5) is 0.0843. The third-order valence-corrected chi connectivity index (χ3v) is 4.66. The summed E-state index contributed by atoms with van der Waals surface area (Å²) in [5, 5.41) is 0. The Bertz CT molecular complexity index is 548. The molecule has 0 spiro atoms. The van der Waals surface area contributed by atoms with E-state index in [1.807, 2.05) is 19.9 Å². The Morgan fingerprint density at radius 3 is 2.50 bits per heavy atom. The predicted molar refractivity (Wildman–Crippen MR) is 71.8 cm³/mol. The zero-order valence-corrected chi connectivity index (χ0v) is 12.1. The summed E-state index contributed by atoms with van der Waals surface area (Å²) >= 11 is 0. The van der Waals surface area contributed by atoms with Crippen molar-refractivity contribution in [2.75, 3.05) is 6.61 Å². The number of ether oxygens (including phenoxy) is 1. The van der Waals surface area contributed by atoms with E-state index in [1.165, 1.54) is 6.42 Å². The molecular weight excluding hydrogens is 272 g/mol. The zero-order valence-electron chi connectivity index (χ0n) is 10.6. The first-order chi connectivity index (χ1) is 8.38. The number of rotatable bonds is 4. The summed E-state index contributed by atoms with van der Waals surface area (Å²) in [7, 11) is 1.70. The molecule has 0 aliphatic heterocycles. The molecule has 0 atom stereocenters. The molecular formula is C13H17ClO3S. The molecule has 1 aromatic rings. The third kappa shape index (κ3) is 2.98. The van der Waals surface area contributed by atoms with Gasteiger partial charge in [-0.15, -0.1) is 0 Å². The predicted octanol–water partition coefficient (Wildman–Crippen LogP) is 3.41. The molecule has 1 aromatic carbocycles. The fraction of sp³-hybridized carbons (Fsp3) is 0.538. The monoisotopic (exact) mass is 288 g/mol. The molecule has 1 aliphatic rings. The van der Waals surface area contributed by atoms with Crippen LogP contribution in [0.4, 0.5) is 0 Å². The molecule has 1 saturated carbocycles. The van der Waals surface area contributed by atoms with Gasteiger partial charge in [0, 0.05) is 10.7 Å². The first kappa shape index (κ1) is 13.7. The van der Waals surface area contributed by atoms with E-state index in [2.05, 4.69) is 0 Å². The maximum absolute atomic E-state index is 11.6. The second-order valence-corrected chi connectivity index (χ2v) is 7.49. The summed E-state index contributed by atoms with van der Waals surface area (Å²) < 4.78 is 28.8. The highest BCUT2D eigenvalue weighted by molar-refractivity contribution is 8.13. The first-order valence-electron chi connectivity index (χ1n) is 6.06. The van der Waals surface area contributed by atoms with E-state index < -0.39 is 9.05 Å². The van der Waals surface area contributed by atoms with Crippen LogP contribution >= 0.6 is 10.7 Å². The number of aryl methyl sites for hydroxylation is 2. The van der Waals surface area contributed by atoms with E-state index in [0.717, 1.165) is 24.0 Å². The molecule has 0 bridgehead atoms. The highest BCUT2D eigenvalue weighted by Gasteiger charge is 2.23. The van der Waals surface area contributed by atoms with Gasteiger partial charge in [0.15, 0.2) is 0 Å². The zero-order chi connectivity index (χ0) is 13.3. The van der Waals surface area contributed by atoms with E-state index in [9.17, 15) is 8.42 Å². The lowest BCUT2D eigenvalue weighted by Gasteiger charge is -2.26. The molecule has 0 amide bonds. The lowest BCUT2D eigenvalue weighted by Crippen LogP contribution is -2.20. The molecule has 0 radical (unpaired) electrons. The van der Waals surface area contributed by atoms with E-state index in [-0.39, 0.29) is 4.90 Å². The molecule has 100 valence electrons. The maximum Gasteiger partial charge on any atom is 0.265 e. The Balaban J connectivity index is 2.31. The van der Waals surface area contributed by atoms with Gasteiger partial charge in [-0.1, -0.05) is 12.5 Å². The Hall–Kier alpha value is -0.740. The van der Waals surface area contributed by atoms with Gasteiger partial charge < -0.3 is 4.74 Å². The van der Waals surface area contributed by atoms with Crippen LogP contribution in [0, 0.1) is 19.8 Å². The van der Waals surface area contributed by atoms with E-state index >= 15 is 0 Å². The van der Waals surface area contributed by atoms with E-state index in [1.54, 1.807) is 6.07 Å². The van der Waals surface area contributed by atoms with Crippen molar-refractivity contribution in [1.29, 1.82) is 0 Å². The van der Waals surface area contributed by atoms with Gasteiger partial charge in [-0.05, 0) is 49.8 Å². The Morgan fingerprint density at radius 2 is 2.00 bits per heavy atom. The van der Waals surface area contributed by atoms with Crippen LogP contribution in [0.3, 0.4) is 0 Å². The van der Waals surface area contributed by atoms with Crippen molar-refractivity contribution in [2.45, 2.75) is 38.0 Å². The van der Waals surface area contributed by atoms with E-state index in [4.69, 9.17) is 15.4 Å². The van der Waals surface area contributed by atoms with Crippen molar-refractivity contribution in [1.82, 2.24) is 0 Å². The lowest BCUT2D eigenvalue weighted by molar-refractivity contribution is 0.176. The molecule has 0 aromatic heterocycles. The molecule has 18 heavy (non-hydrogen) atoms. The van der Waals surface area contributed by atoms with Crippen LogP contribution in [0.1, 0.15) is 30.4 Å². The number of hydrogen-bond acceptors (Lipinski definition) is 3. The largest absolute Gasteiger partial charge is 0.492 e. The van der Waals surface area contributed by atoms with Crippen molar-refractivity contribution in [3.8, 4) is 5.75 Å². The van der Waals surface area contributed by atoms with Crippen LogP contribution in [-0.2, 0) is 9.05 Å². The van der Waals surface area contributed by atoms with Gasteiger partial charge >= 0.3 is 0 Å². The van der Waals surface area contributed by atoms with Crippen molar-refractivity contribution in [2.24, 2.45) is 5.92 Å². The molecule has 3 nitrogen and oxygen atoms in total. The molecule has 2 rings (SSSR count). The lowest BCUT2D eigenvalue weighted by atomic mass is 9.86. The fourth-order valence-electron chi connectivity index (χ4n) is 2.14. The molecule has 0 N–H and O–H groups in total. The standard InChI is InChI=1S/C13H17ClO3S/c1-9-6-10(2)13(12(7-9)18(14,15)16)17-8-11-4-3-5-11/h6-7,11H,3-5,8H2,1-2H3. The van der Waals surface area contributed by atoms with Crippen molar-refractivity contribution < 1.29 is 13.2 Å². The number of hydrogen-bond donors (Lipinski definition) is 0. The SMILES string of the molecule is Cc1cc(C)c(OCC2CCC2)c(S(=O)(=O)Cl)c1. The smallest absolute Gasteiger partial charge is 0.265 e. The van der Waals surface area contributed by atoms with Crippen molar-refractivity contribution in [3.05, 3.63) is 23.3 Å². The summed E-state index contributed by atoms with van der Waals surface area (Å²) in [6.45, 7) is 4.26. The van der Waals surface area contributed by atoms with Gasteiger partial charge in [-0.3, -0.25) is 0 Å². The third-order valence-electron chi connectivity index (χ3n) is 3.34. The van der Waals surface area contributed by atoms with Crippen LogP contribution < -0.4 is 4.74 Å². The topological polar surface area (TPSA) is 43.4 Å². The van der Waals surface area contributed by atoms with E-state index in [0.29, 0.717) is 18.3 Å². The quantitative estimate of drug-likeness (QED) is 0.798.